The van der Waals surface area contributed by atoms with Gasteiger partial charge in [-0.1, -0.05) is 36.1 Å². The SMILES string of the molecule is O=C(Nc1nc2c(C(=O)O)cccc2[nH]1)c1ncccc1C#Cc1ccccc1. The molecule has 7 nitrogen and oxygen atoms in total. The first-order valence-electron chi connectivity index (χ1n) is 8.67. The Labute approximate surface area is 165 Å². The Morgan fingerprint density at radius 1 is 0.966 bits per heavy atom. The predicted octanol–water partition coefficient (Wildman–Crippen LogP) is 3.31. The zero-order chi connectivity index (χ0) is 20.2. The molecule has 0 saturated heterocycles. The fourth-order valence-corrected chi connectivity index (χ4v) is 2.78. The molecule has 0 spiro atoms. The number of benzene rings is 2. The normalized spacial score (nSPS) is 10.2. The number of carboxylic acid groups (broad SMARTS) is 1. The molecule has 0 unspecified atom stereocenters. The molecular weight excluding hydrogens is 368 g/mol. The number of hydrogen-bond donors (Lipinski definition) is 3. The molecule has 1 amide bonds. The lowest BCUT2D eigenvalue weighted by Crippen LogP contribution is -2.16. The first kappa shape index (κ1) is 17.9. The fourth-order valence-electron chi connectivity index (χ4n) is 2.78. The second-order valence-corrected chi connectivity index (χ2v) is 6.06. The monoisotopic (exact) mass is 382 g/mol. The number of fused-ring (bicyclic) bond motifs is 1. The van der Waals surface area contributed by atoms with Crippen LogP contribution in [-0.4, -0.2) is 31.9 Å². The quantitative estimate of drug-likeness (QED) is 0.471. The molecule has 2 aromatic heterocycles. The third-order valence-electron chi connectivity index (χ3n) is 4.11. The van der Waals surface area contributed by atoms with Crippen molar-refractivity contribution in [2.75, 3.05) is 5.32 Å². The van der Waals surface area contributed by atoms with Gasteiger partial charge in [0.25, 0.3) is 5.91 Å². The number of nitrogens with zero attached hydrogens (tertiary/aromatic N) is 2. The van der Waals surface area contributed by atoms with Crippen molar-refractivity contribution < 1.29 is 14.7 Å². The summed E-state index contributed by atoms with van der Waals surface area (Å²) in [7, 11) is 0. The van der Waals surface area contributed by atoms with Gasteiger partial charge in [0, 0.05) is 11.8 Å². The van der Waals surface area contributed by atoms with Crippen molar-refractivity contribution in [1.29, 1.82) is 0 Å². The summed E-state index contributed by atoms with van der Waals surface area (Å²) in [6.07, 6.45) is 1.50. The molecule has 29 heavy (non-hydrogen) atoms. The lowest BCUT2D eigenvalue weighted by molar-refractivity contribution is 0.0698. The molecule has 4 aromatic rings. The van der Waals surface area contributed by atoms with Crippen LogP contribution in [-0.2, 0) is 0 Å². The molecule has 2 heterocycles. The number of carbonyl (C=O) groups excluding carboxylic acids is 1. The Morgan fingerprint density at radius 3 is 2.59 bits per heavy atom. The van der Waals surface area contributed by atoms with E-state index < -0.39 is 11.9 Å². The second-order valence-electron chi connectivity index (χ2n) is 6.06. The molecule has 140 valence electrons. The summed E-state index contributed by atoms with van der Waals surface area (Å²) in [6.45, 7) is 0. The minimum atomic E-state index is -1.09. The Bertz CT molecular complexity index is 1280. The maximum absolute atomic E-state index is 12.7. The standard InChI is InChI=1S/C22H14N4O3/c27-20(26-22-24-17-10-4-9-16(21(28)29)19(17)25-22)18-15(8-5-13-23-18)12-11-14-6-2-1-3-7-14/h1-10,13H,(H,28,29)(H2,24,25,26,27). The number of aromatic carboxylic acids is 1. The van der Waals surface area contributed by atoms with Gasteiger partial charge in [-0.05, 0) is 36.4 Å². The topological polar surface area (TPSA) is 108 Å². The van der Waals surface area contributed by atoms with Crippen LogP contribution in [0.25, 0.3) is 11.0 Å². The van der Waals surface area contributed by atoms with Crippen LogP contribution in [0.3, 0.4) is 0 Å². The van der Waals surface area contributed by atoms with Crippen molar-refractivity contribution in [3.8, 4) is 11.8 Å². The van der Waals surface area contributed by atoms with Crippen LogP contribution in [0.5, 0.6) is 0 Å². The van der Waals surface area contributed by atoms with Gasteiger partial charge in [-0.25, -0.2) is 14.8 Å². The number of anilines is 1. The van der Waals surface area contributed by atoms with Gasteiger partial charge < -0.3 is 10.1 Å². The van der Waals surface area contributed by atoms with Crippen molar-refractivity contribution >= 4 is 28.9 Å². The van der Waals surface area contributed by atoms with E-state index >= 15 is 0 Å². The zero-order valence-corrected chi connectivity index (χ0v) is 15.0. The first-order chi connectivity index (χ1) is 14.1. The van der Waals surface area contributed by atoms with Crippen LogP contribution in [0.1, 0.15) is 32.0 Å². The number of rotatable bonds is 3. The summed E-state index contributed by atoms with van der Waals surface area (Å²) >= 11 is 0. The number of nitrogens with one attached hydrogen (secondary N) is 2. The number of carbonyl (C=O) groups is 2. The Balaban J connectivity index is 1.63. The Hall–Kier alpha value is -4.44. The number of amides is 1. The number of hydrogen-bond acceptors (Lipinski definition) is 4. The summed E-state index contributed by atoms with van der Waals surface area (Å²) in [5, 5.41) is 11.9. The Kier molecular flexibility index (Phi) is 4.74. The van der Waals surface area contributed by atoms with Crippen LogP contribution in [0.4, 0.5) is 5.95 Å². The molecule has 0 aliphatic carbocycles. The number of H-pyrrole nitrogens is 1. The van der Waals surface area contributed by atoms with Gasteiger partial charge in [-0.3, -0.25) is 10.1 Å². The summed E-state index contributed by atoms with van der Waals surface area (Å²) < 4.78 is 0. The first-order valence-corrected chi connectivity index (χ1v) is 8.67. The lowest BCUT2D eigenvalue weighted by Gasteiger charge is -2.03. The molecule has 0 bridgehead atoms. The minimum absolute atomic E-state index is 0.0477. The average Bonchev–Trinajstić information content (AvgIpc) is 3.15. The van der Waals surface area contributed by atoms with Crippen LogP contribution >= 0.6 is 0 Å². The smallest absolute Gasteiger partial charge is 0.337 e. The second kappa shape index (κ2) is 7.66. The van der Waals surface area contributed by atoms with Crippen molar-refractivity contribution in [1.82, 2.24) is 15.0 Å². The van der Waals surface area contributed by atoms with Gasteiger partial charge >= 0.3 is 5.97 Å². The molecule has 2 aromatic carbocycles. The number of aromatic nitrogens is 3. The zero-order valence-electron chi connectivity index (χ0n) is 15.0. The summed E-state index contributed by atoms with van der Waals surface area (Å²) in [5.41, 5.74) is 2.25. The number of aromatic amines is 1. The average molecular weight is 382 g/mol. The predicted molar refractivity (Wildman–Crippen MR) is 108 cm³/mol. The number of imidazole rings is 1. The van der Waals surface area contributed by atoms with Gasteiger partial charge in [0.05, 0.1) is 16.6 Å². The molecule has 0 fully saturated rings. The van der Waals surface area contributed by atoms with E-state index in [-0.39, 0.29) is 22.7 Å². The lowest BCUT2D eigenvalue weighted by atomic mass is 10.1. The van der Waals surface area contributed by atoms with Gasteiger partial charge in [0.15, 0.2) is 0 Å². The maximum atomic E-state index is 12.7. The van der Waals surface area contributed by atoms with E-state index in [9.17, 15) is 14.7 Å². The van der Waals surface area contributed by atoms with Crippen molar-refractivity contribution in [2.24, 2.45) is 0 Å². The van der Waals surface area contributed by atoms with E-state index in [0.29, 0.717) is 11.1 Å². The van der Waals surface area contributed by atoms with Crippen LogP contribution in [0.2, 0.25) is 0 Å². The number of para-hydroxylation sites is 1. The highest BCUT2D eigenvalue weighted by Gasteiger charge is 2.16. The molecule has 0 atom stereocenters. The van der Waals surface area contributed by atoms with E-state index in [1.165, 1.54) is 12.3 Å². The van der Waals surface area contributed by atoms with Crippen LogP contribution < -0.4 is 5.32 Å². The van der Waals surface area contributed by atoms with Crippen molar-refractivity contribution in [3.63, 3.8) is 0 Å². The molecule has 0 aliphatic heterocycles. The summed E-state index contributed by atoms with van der Waals surface area (Å²) in [6, 6.07) is 17.6. The maximum Gasteiger partial charge on any atom is 0.337 e. The highest BCUT2D eigenvalue weighted by atomic mass is 16.4. The number of carboxylic acids is 1. The van der Waals surface area contributed by atoms with E-state index in [0.717, 1.165) is 5.56 Å². The fraction of sp³-hybridized carbons (Fsp3) is 0. The van der Waals surface area contributed by atoms with Gasteiger partial charge in [0.2, 0.25) is 5.95 Å². The van der Waals surface area contributed by atoms with Crippen molar-refractivity contribution in [3.05, 3.63) is 89.2 Å². The molecule has 0 radical (unpaired) electrons. The van der Waals surface area contributed by atoms with Crippen molar-refractivity contribution in [2.45, 2.75) is 0 Å². The third kappa shape index (κ3) is 3.82. The van der Waals surface area contributed by atoms with Gasteiger partial charge in [-0.2, -0.15) is 0 Å². The molecule has 4 rings (SSSR count). The molecule has 7 heteroatoms. The van der Waals surface area contributed by atoms with Crippen LogP contribution in [0.15, 0.2) is 66.9 Å². The molecule has 3 N–H and O–H groups in total. The van der Waals surface area contributed by atoms with E-state index in [1.807, 2.05) is 30.3 Å². The molecule has 0 saturated carbocycles. The van der Waals surface area contributed by atoms with E-state index in [1.54, 1.807) is 24.3 Å². The summed E-state index contributed by atoms with van der Waals surface area (Å²) in [4.78, 5) is 35.3. The summed E-state index contributed by atoms with van der Waals surface area (Å²) in [5.74, 6) is 4.50. The van der Waals surface area contributed by atoms with Gasteiger partial charge in [-0.15, -0.1) is 0 Å². The highest BCUT2D eigenvalue weighted by Crippen LogP contribution is 2.19. The minimum Gasteiger partial charge on any atom is -0.478 e. The third-order valence-corrected chi connectivity index (χ3v) is 4.11. The molecular formula is C22H14N4O3. The van der Waals surface area contributed by atoms with E-state index in [2.05, 4.69) is 32.1 Å². The van der Waals surface area contributed by atoms with E-state index in [4.69, 9.17) is 0 Å². The number of pyridine rings is 1. The van der Waals surface area contributed by atoms with Gasteiger partial charge in [0.1, 0.15) is 11.2 Å². The Morgan fingerprint density at radius 2 is 1.79 bits per heavy atom. The van der Waals surface area contributed by atoms with Crippen LogP contribution in [0, 0.1) is 11.8 Å². The molecule has 0 aliphatic rings. The largest absolute Gasteiger partial charge is 0.478 e. The highest BCUT2D eigenvalue weighted by molar-refractivity contribution is 6.05.